The molecular weight excluding hydrogens is 335 g/mol. The van der Waals surface area contributed by atoms with E-state index in [1.165, 1.54) is 7.11 Å². The van der Waals surface area contributed by atoms with E-state index in [0.29, 0.717) is 11.9 Å². The Morgan fingerprint density at radius 3 is 2.33 bits per heavy atom. The maximum absolute atomic E-state index is 11.6. The molecule has 0 spiro atoms. The summed E-state index contributed by atoms with van der Waals surface area (Å²) in [5, 5.41) is 0. The highest BCUT2D eigenvalue weighted by Crippen LogP contribution is 2.38. The van der Waals surface area contributed by atoms with Gasteiger partial charge in [0.15, 0.2) is 0 Å². The Morgan fingerprint density at radius 1 is 1.24 bits per heavy atom. The van der Waals surface area contributed by atoms with Crippen molar-refractivity contribution in [1.29, 1.82) is 0 Å². The molecule has 1 fully saturated rings. The molecule has 0 atom stereocenters. The minimum Gasteiger partial charge on any atom is -0.465 e. The van der Waals surface area contributed by atoms with Crippen molar-refractivity contribution < 1.29 is 18.8 Å². The van der Waals surface area contributed by atoms with Crippen LogP contribution in [0.2, 0.25) is 0 Å². The van der Waals surface area contributed by atoms with Crippen molar-refractivity contribution in [2.75, 3.05) is 7.11 Å². The number of carbonyl (C=O) groups excluding carboxylic acids is 1. The molecule has 0 N–H and O–H groups in total. The lowest BCUT2D eigenvalue weighted by Gasteiger charge is -2.32. The fraction of sp³-hybridized carbons (Fsp3) is 0.533. The highest BCUT2D eigenvalue weighted by Gasteiger charge is 2.50. The van der Waals surface area contributed by atoms with Crippen LogP contribution in [-0.2, 0) is 20.4 Å². The molecule has 0 bridgehead atoms. The van der Waals surface area contributed by atoms with Gasteiger partial charge in [-0.2, -0.15) is 0 Å². The zero-order valence-electron chi connectivity index (χ0n) is 13.0. The average Bonchev–Trinajstić information content (AvgIpc) is 2.59. The molecule has 0 aromatic heterocycles. The number of benzene rings is 1. The lowest BCUT2D eigenvalue weighted by atomic mass is 9.80. The van der Waals surface area contributed by atoms with E-state index in [9.17, 15) is 4.79 Å². The van der Waals surface area contributed by atoms with Gasteiger partial charge in [0.05, 0.1) is 23.9 Å². The smallest absolute Gasteiger partial charge is 0.462 e. The van der Waals surface area contributed by atoms with Gasteiger partial charge in [-0.1, -0.05) is 15.9 Å². The summed E-state index contributed by atoms with van der Waals surface area (Å²) in [6.45, 7) is 8.08. The topological polar surface area (TPSA) is 44.8 Å². The van der Waals surface area contributed by atoms with Gasteiger partial charge in [-0.15, -0.1) is 0 Å². The van der Waals surface area contributed by atoms with Crippen molar-refractivity contribution in [3.05, 3.63) is 33.8 Å². The summed E-state index contributed by atoms with van der Waals surface area (Å²) in [6.07, 6.45) is 0.568. The van der Waals surface area contributed by atoms with Crippen LogP contribution in [0.1, 0.15) is 43.6 Å². The van der Waals surface area contributed by atoms with Crippen LogP contribution >= 0.6 is 15.9 Å². The lowest BCUT2D eigenvalue weighted by Crippen LogP contribution is -2.41. The number of ether oxygens (including phenoxy) is 1. The van der Waals surface area contributed by atoms with Gasteiger partial charge in [0, 0.05) is 10.8 Å². The monoisotopic (exact) mass is 354 g/mol. The predicted molar refractivity (Wildman–Crippen MR) is 85.3 cm³/mol. The average molecular weight is 355 g/mol. The number of rotatable bonds is 3. The van der Waals surface area contributed by atoms with Crippen LogP contribution in [0.25, 0.3) is 0 Å². The van der Waals surface area contributed by atoms with Gasteiger partial charge >= 0.3 is 13.1 Å². The standard InChI is InChI=1S/C15H20BBrO4/c1-14(2)15(3,4)21-16(20-14)9-11-8-10(13(18)19-5)6-7-12(11)17/h6-8H,9H2,1-5H3. The maximum Gasteiger partial charge on any atom is 0.462 e. The highest BCUT2D eigenvalue weighted by molar-refractivity contribution is 9.10. The zero-order valence-corrected chi connectivity index (χ0v) is 14.6. The number of methoxy groups -OCH3 is 1. The van der Waals surface area contributed by atoms with Gasteiger partial charge in [-0.3, -0.25) is 0 Å². The van der Waals surface area contributed by atoms with E-state index in [1.807, 2.05) is 33.8 Å². The van der Waals surface area contributed by atoms with Crippen molar-refractivity contribution in [2.24, 2.45) is 0 Å². The van der Waals surface area contributed by atoms with Gasteiger partial charge in [0.25, 0.3) is 0 Å². The van der Waals surface area contributed by atoms with Crippen molar-refractivity contribution in [3.8, 4) is 0 Å². The Morgan fingerprint density at radius 2 is 1.81 bits per heavy atom. The first-order valence-electron chi connectivity index (χ1n) is 6.88. The summed E-state index contributed by atoms with van der Waals surface area (Å²) in [6, 6.07) is 5.37. The van der Waals surface area contributed by atoms with Crippen molar-refractivity contribution in [2.45, 2.75) is 45.2 Å². The normalized spacial score (nSPS) is 19.6. The number of halogens is 1. The number of esters is 1. The lowest BCUT2D eigenvalue weighted by molar-refractivity contribution is 0.00578. The summed E-state index contributed by atoms with van der Waals surface area (Å²) in [5.74, 6) is -0.349. The summed E-state index contributed by atoms with van der Waals surface area (Å²) in [5.41, 5.74) is 0.761. The second-order valence-electron chi connectivity index (χ2n) is 6.19. The SMILES string of the molecule is COC(=O)c1ccc(Br)c(CB2OC(C)(C)C(C)(C)O2)c1. The van der Waals surface area contributed by atoms with Gasteiger partial charge in [-0.25, -0.2) is 4.79 Å². The molecule has 6 heteroatoms. The van der Waals surface area contributed by atoms with Crippen LogP contribution in [0.4, 0.5) is 0 Å². The third kappa shape index (κ3) is 3.33. The quantitative estimate of drug-likeness (QED) is 0.616. The minimum absolute atomic E-state index is 0.334. The fourth-order valence-corrected chi connectivity index (χ4v) is 2.61. The van der Waals surface area contributed by atoms with Gasteiger partial charge in [-0.05, 0) is 51.5 Å². The molecule has 2 rings (SSSR count). The van der Waals surface area contributed by atoms with Crippen molar-refractivity contribution in [1.82, 2.24) is 0 Å². The van der Waals surface area contributed by atoms with Crippen LogP contribution in [0.5, 0.6) is 0 Å². The second kappa shape index (κ2) is 5.74. The number of hydrogen-bond donors (Lipinski definition) is 0. The molecule has 1 aromatic carbocycles. The third-order valence-electron chi connectivity index (χ3n) is 4.16. The molecule has 21 heavy (non-hydrogen) atoms. The van der Waals surface area contributed by atoms with Crippen molar-refractivity contribution >= 4 is 29.0 Å². The predicted octanol–water partition coefficient (Wildman–Crippen LogP) is 3.41. The van der Waals surface area contributed by atoms with Crippen LogP contribution in [0.3, 0.4) is 0 Å². The molecule has 4 nitrogen and oxygen atoms in total. The van der Waals surface area contributed by atoms with E-state index in [1.54, 1.807) is 12.1 Å². The molecule has 0 saturated carbocycles. The highest BCUT2D eigenvalue weighted by atomic mass is 79.9. The minimum atomic E-state index is -0.357. The Balaban J connectivity index is 2.19. The molecule has 0 aliphatic carbocycles. The van der Waals surface area contributed by atoms with Gasteiger partial charge < -0.3 is 14.0 Å². The first-order valence-corrected chi connectivity index (χ1v) is 7.68. The Hall–Kier alpha value is -0.845. The van der Waals surface area contributed by atoms with Gasteiger partial charge in [0.1, 0.15) is 0 Å². The molecule has 114 valence electrons. The Bertz CT molecular complexity index is 541. The van der Waals surface area contributed by atoms with E-state index in [4.69, 9.17) is 14.0 Å². The summed E-state index contributed by atoms with van der Waals surface area (Å²) in [4.78, 5) is 11.6. The van der Waals surface area contributed by atoms with E-state index in [2.05, 4.69) is 15.9 Å². The fourth-order valence-electron chi connectivity index (χ4n) is 2.20. The molecule has 1 saturated heterocycles. The van der Waals surface area contributed by atoms with E-state index in [-0.39, 0.29) is 24.3 Å². The molecule has 0 radical (unpaired) electrons. The Labute approximate surface area is 134 Å². The third-order valence-corrected chi connectivity index (χ3v) is 4.93. The van der Waals surface area contributed by atoms with Crippen molar-refractivity contribution in [3.63, 3.8) is 0 Å². The molecule has 1 heterocycles. The number of carbonyl (C=O) groups is 1. The first-order chi connectivity index (χ1) is 9.66. The maximum atomic E-state index is 11.6. The molecular formula is C15H20BBrO4. The number of hydrogen-bond acceptors (Lipinski definition) is 4. The molecule has 1 aliphatic heterocycles. The van der Waals surface area contributed by atoms with Crippen LogP contribution in [0, 0.1) is 0 Å². The summed E-state index contributed by atoms with van der Waals surface area (Å²) >= 11 is 3.50. The summed E-state index contributed by atoms with van der Waals surface area (Å²) < 4.78 is 17.7. The van der Waals surface area contributed by atoms with E-state index in [0.717, 1.165) is 10.0 Å². The molecule has 0 amide bonds. The Kier molecular flexibility index (Phi) is 4.52. The first kappa shape index (κ1) is 16.5. The summed E-state index contributed by atoms with van der Waals surface area (Å²) in [7, 11) is 1.04. The van der Waals surface area contributed by atoms with E-state index >= 15 is 0 Å². The van der Waals surface area contributed by atoms with Crippen LogP contribution in [0.15, 0.2) is 22.7 Å². The largest absolute Gasteiger partial charge is 0.465 e. The van der Waals surface area contributed by atoms with Gasteiger partial charge in [0.2, 0.25) is 0 Å². The van der Waals surface area contributed by atoms with Crippen LogP contribution < -0.4 is 0 Å². The van der Waals surface area contributed by atoms with Crippen LogP contribution in [-0.4, -0.2) is 31.4 Å². The molecule has 1 aromatic rings. The molecule has 1 aliphatic rings. The zero-order chi connectivity index (χ0) is 15.8. The van der Waals surface area contributed by atoms with E-state index < -0.39 is 0 Å². The second-order valence-corrected chi connectivity index (χ2v) is 7.04. The molecule has 0 unspecified atom stereocenters.